The first kappa shape index (κ1) is 26.3. The lowest BCUT2D eigenvalue weighted by Gasteiger charge is -2.30. The quantitative estimate of drug-likeness (QED) is 0.214. The van der Waals surface area contributed by atoms with E-state index in [1.54, 1.807) is 11.3 Å². The van der Waals surface area contributed by atoms with E-state index >= 15 is 0 Å². The number of carbonyl (C=O) groups excluding carboxylic acids is 2. The smallest absolute Gasteiger partial charge is 0.340 e. The van der Waals surface area contributed by atoms with Crippen LogP contribution < -0.4 is 5.32 Å². The maximum absolute atomic E-state index is 13.8. The van der Waals surface area contributed by atoms with Crippen LogP contribution in [-0.2, 0) is 29.0 Å². The number of hydrogen-bond acceptors (Lipinski definition) is 8. The lowest BCUT2D eigenvalue weighted by atomic mass is 9.95. The number of amides is 1. The molecule has 1 amide bonds. The topological polar surface area (TPSA) is 84.4 Å². The Kier molecular flexibility index (Phi) is 7.68. The van der Waals surface area contributed by atoms with Crippen LogP contribution in [0.2, 0.25) is 0 Å². The van der Waals surface area contributed by atoms with Gasteiger partial charge in [-0.2, -0.15) is 0 Å². The molecule has 0 aliphatic carbocycles. The van der Waals surface area contributed by atoms with Gasteiger partial charge in [0.25, 0.3) is 5.91 Å². The third-order valence-corrected chi connectivity index (χ3v) is 8.65. The van der Waals surface area contributed by atoms with Gasteiger partial charge in [0.05, 0.1) is 21.7 Å². The molecular formula is C31H28N4O3S2. The van der Waals surface area contributed by atoms with Crippen molar-refractivity contribution in [3.63, 3.8) is 0 Å². The zero-order valence-electron chi connectivity index (χ0n) is 22.0. The molecule has 1 aliphatic heterocycles. The fourth-order valence-electron chi connectivity index (χ4n) is 5.02. The molecule has 1 unspecified atom stereocenters. The predicted molar refractivity (Wildman–Crippen MR) is 160 cm³/mol. The summed E-state index contributed by atoms with van der Waals surface area (Å²) in [5.41, 5.74) is 5.08. The molecule has 7 nitrogen and oxygen atoms in total. The molecule has 1 N–H and O–H groups in total. The number of nitrogens with zero attached hydrogens (tertiary/aromatic N) is 3. The van der Waals surface area contributed by atoms with E-state index in [2.05, 4.69) is 27.3 Å². The van der Waals surface area contributed by atoms with E-state index < -0.39 is 12.1 Å². The van der Waals surface area contributed by atoms with Gasteiger partial charge in [-0.3, -0.25) is 20.0 Å². The Balaban J connectivity index is 1.24. The number of nitrogens with one attached hydrogen (secondary N) is 1. The third-order valence-electron chi connectivity index (χ3n) is 7.00. The SMILES string of the molecule is CCC(OC(=O)c1c2c(nc3ccccc13)CCN(Cc1ccccc1)C2)C(=O)Nc1nc(-c2cccs2)cs1. The molecule has 0 radical (unpaired) electrons. The molecule has 1 aliphatic rings. The summed E-state index contributed by atoms with van der Waals surface area (Å²) in [4.78, 5) is 39.8. The Morgan fingerprint density at radius 3 is 2.65 bits per heavy atom. The Morgan fingerprint density at radius 1 is 1.02 bits per heavy atom. The summed E-state index contributed by atoms with van der Waals surface area (Å²) in [6.07, 6.45) is 0.126. The van der Waals surface area contributed by atoms with Gasteiger partial charge in [-0.15, -0.1) is 22.7 Å². The van der Waals surface area contributed by atoms with Crippen molar-refractivity contribution < 1.29 is 14.3 Å². The number of carbonyl (C=O) groups is 2. The highest BCUT2D eigenvalue weighted by Crippen LogP contribution is 2.31. The number of esters is 1. The van der Waals surface area contributed by atoms with Crippen LogP contribution in [0, 0.1) is 0 Å². The van der Waals surface area contributed by atoms with Gasteiger partial charge in [0.1, 0.15) is 0 Å². The van der Waals surface area contributed by atoms with Crippen LogP contribution in [0.3, 0.4) is 0 Å². The summed E-state index contributed by atoms with van der Waals surface area (Å²) in [5.74, 6) is -0.891. The van der Waals surface area contributed by atoms with Crippen molar-refractivity contribution in [2.45, 2.75) is 39.0 Å². The predicted octanol–water partition coefficient (Wildman–Crippen LogP) is 6.55. The van der Waals surface area contributed by atoms with Gasteiger partial charge in [0.2, 0.25) is 0 Å². The van der Waals surface area contributed by atoms with Gasteiger partial charge in [0, 0.05) is 48.1 Å². The molecule has 202 valence electrons. The normalized spacial score (nSPS) is 14.0. The number of fused-ring (bicyclic) bond motifs is 2. The lowest BCUT2D eigenvalue weighted by molar-refractivity contribution is -0.124. The number of aromatic nitrogens is 2. The van der Waals surface area contributed by atoms with Gasteiger partial charge < -0.3 is 4.74 Å². The number of benzene rings is 2. The summed E-state index contributed by atoms with van der Waals surface area (Å²) < 4.78 is 5.91. The number of ether oxygens (including phenoxy) is 1. The van der Waals surface area contributed by atoms with E-state index in [0.717, 1.165) is 52.2 Å². The molecule has 6 rings (SSSR count). The number of pyridine rings is 1. The minimum Gasteiger partial charge on any atom is -0.449 e. The van der Waals surface area contributed by atoms with E-state index in [9.17, 15) is 9.59 Å². The molecule has 0 bridgehead atoms. The van der Waals surface area contributed by atoms with E-state index in [0.29, 0.717) is 23.7 Å². The molecule has 2 aromatic carbocycles. The Morgan fingerprint density at radius 2 is 1.85 bits per heavy atom. The van der Waals surface area contributed by atoms with Gasteiger partial charge >= 0.3 is 5.97 Å². The molecule has 40 heavy (non-hydrogen) atoms. The first-order valence-electron chi connectivity index (χ1n) is 13.3. The number of rotatable bonds is 8. The highest BCUT2D eigenvalue weighted by atomic mass is 32.1. The average molecular weight is 569 g/mol. The highest BCUT2D eigenvalue weighted by Gasteiger charge is 2.30. The van der Waals surface area contributed by atoms with E-state index in [1.165, 1.54) is 16.9 Å². The Labute approximate surface area is 240 Å². The van der Waals surface area contributed by atoms with Crippen LogP contribution in [-0.4, -0.2) is 39.4 Å². The summed E-state index contributed by atoms with van der Waals surface area (Å²) in [5, 5.41) is 7.95. The molecule has 1 atom stereocenters. The summed E-state index contributed by atoms with van der Waals surface area (Å²) >= 11 is 2.94. The molecule has 0 saturated heterocycles. The van der Waals surface area contributed by atoms with E-state index in [1.807, 2.05) is 72.3 Å². The van der Waals surface area contributed by atoms with Crippen molar-refractivity contribution in [1.29, 1.82) is 0 Å². The van der Waals surface area contributed by atoms with E-state index in [-0.39, 0.29) is 5.91 Å². The summed E-state index contributed by atoms with van der Waals surface area (Å²) in [6, 6.07) is 21.9. The Bertz CT molecular complexity index is 1650. The van der Waals surface area contributed by atoms with Gasteiger partial charge in [-0.25, -0.2) is 9.78 Å². The van der Waals surface area contributed by atoms with Crippen LogP contribution in [0.15, 0.2) is 77.5 Å². The van der Waals surface area contributed by atoms with Crippen LogP contribution >= 0.6 is 22.7 Å². The zero-order valence-corrected chi connectivity index (χ0v) is 23.6. The fraction of sp³-hybridized carbons (Fsp3) is 0.226. The third kappa shape index (κ3) is 5.54. The molecule has 5 aromatic rings. The van der Waals surface area contributed by atoms with Crippen molar-refractivity contribution in [2.24, 2.45) is 0 Å². The number of thiophene rings is 1. The molecule has 4 heterocycles. The lowest BCUT2D eigenvalue weighted by Crippen LogP contribution is -2.34. The van der Waals surface area contributed by atoms with Gasteiger partial charge in [-0.05, 0) is 29.5 Å². The largest absolute Gasteiger partial charge is 0.449 e. The number of hydrogen-bond donors (Lipinski definition) is 1. The maximum atomic E-state index is 13.8. The van der Waals surface area contributed by atoms with E-state index in [4.69, 9.17) is 9.72 Å². The molecule has 0 fully saturated rings. The maximum Gasteiger partial charge on any atom is 0.340 e. The molecule has 0 saturated carbocycles. The number of thiazole rings is 1. The van der Waals surface area contributed by atoms with Crippen molar-refractivity contribution in [3.05, 3.63) is 99.9 Å². The first-order valence-corrected chi connectivity index (χ1v) is 15.0. The molecular weight excluding hydrogens is 541 g/mol. The van der Waals surface area contributed by atoms with Crippen LogP contribution in [0.25, 0.3) is 21.5 Å². The second kappa shape index (κ2) is 11.7. The molecule has 3 aromatic heterocycles. The molecule has 0 spiro atoms. The standard InChI is InChI=1S/C31H28N4O3S2/c1-2-26(29(36)34-31-33-25(19-40-31)27-13-8-16-39-27)38-30(37)28-21-11-6-7-12-23(21)32-24-14-15-35(18-22(24)28)17-20-9-4-3-5-10-20/h3-13,16,19,26H,2,14-15,17-18H2,1H3,(H,33,34,36). The van der Waals surface area contributed by atoms with Gasteiger partial charge in [-0.1, -0.05) is 61.5 Å². The zero-order chi connectivity index (χ0) is 27.5. The fourth-order valence-corrected chi connectivity index (χ4v) is 6.49. The van der Waals surface area contributed by atoms with Crippen LogP contribution in [0.4, 0.5) is 5.13 Å². The van der Waals surface area contributed by atoms with Crippen molar-refractivity contribution in [2.75, 3.05) is 11.9 Å². The second-order valence-electron chi connectivity index (χ2n) is 9.68. The average Bonchev–Trinajstić information content (AvgIpc) is 3.68. The first-order chi connectivity index (χ1) is 19.6. The van der Waals surface area contributed by atoms with Crippen LogP contribution in [0.5, 0.6) is 0 Å². The monoisotopic (exact) mass is 568 g/mol. The number of anilines is 1. The highest BCUT2D eigenvalue weighted by molar-refractivity contribution is 7.16. The Hall–Kier alpha value is -3.92. The van der Waals surface area contributed by atoms with Crippen molar-refractivity contribution in [1.82, 2.24) is 14.9 Å². The molecule has 9 heteroatoms. The van der Waals surface area contributed by atoms with Crippen molar-refractivity contribution in [3.8, 4) is 10.6 Å². The second-order valence-corrected chi connectivity index (χ2v) is 11.5. The summed E-state index contributed by atoms with van der Waals surface area (Å²) in [7, 11) is 0. The number of para-hydroxylation sites is 1. The van der Waals surface area contributed by atoms with Gasteiger partial charge in [0.15, 0.2) is 11.2 Å². The minimum absolute atomic E-state index is 0.339. The van der Waals surface area contributed by atoms with Crippen LogP contribution in [0.1, 0.15) is 40.5 Å². The minimum atomic E-state index is -0.951. The van der Waals surface area contributed by atoms with Crippen molar-refractivity contribution >= 4 is 50.6 Å². The summed E-state index contributed by atoms with van der Waals surface area (Å²) in [6.45, 7) is 4.05.